The van der Waals surface area contributed by atoms with Crippen molar-refractivity contribution in [2.75, 3.05) is 6.61 Å². The van der Waals surface area contributed by atoms with E-state index < -0.39 is 31.9 Å². The number of rotatable bonds is 9. The second kappa shape index (κ2) is 10.7. The smallest absolute Gasteiger partial charge is 0.408 e. The topological polar surface area (TPSA) is 77.1 Å². The fraction of sp³-hybridized carbons (Fsp3) is 0.895. The van der Waals surface area contributed by atoms with Crippen molar-refractivity contribution in [1.29, 1.82) is 0 Å². The van der Waals surface area contributed by atoms with Crippen LogP contribution in [0.25, 0.3) is 0 Å². The maximum atomic E-state index is 12.0. The van der Waals surface area contributed by atoms with E-state index >= 15 is 0 Å². The summed E-state index contributed by atoms with van der Waals surface area (Å²) in [6.07, 6.45) is -0.642. The highest BCUT2D eigenvalue weighted by Gasteiger charge is 2.33. The molecular weight excluding hydrogens is 367 g/mol. The summed E-state index contributed by atoms with van der Waals surface area (Å²) in [5.74, 6) is -0.202. The Bertz CT molecular complexity index is 475. The first kappa shape index (κ1) is 26.2. The molecule has 0 saturated carbocycles. The lowest BCUT2D eigenvalue weighted by molar-refractivity contribution is -0.119. The Kier molecular flexibility index (Phi) is 10.4. The molecular formula is C19H39N2O5P. The first-order valence-corrected chi connectivity index (χ1v) is 10.6. The molecule has 0 spiro atoms. The third kappa shape index (κ3) is 11.6. The summed E-state index contributed by atoms with van der Waals surface area (Å²) in [5, 5.41) is 2.59. The van der Waals surface area contributed by atoms with Crippen molar-refractivity contribution >= 4 is 20.4 Å². The highest BCUT2D eigenvalue weighted by atomic mass is 31.2. The van der Waals surface area contributed by atoms with E-state index in [1.54, 1.807) is 20.8 Å². The van der Waals surface area contributed by atoms with Crippen LogP contribution in [-0.2, 0) is 18.6 Å². The molecule has 1 amide bonds. The SMILES string of the molecule is CC(=O)[C@H](COP(OC(C)(C)C)N(C(C)C)C(C)C)NC(=O)OC(C)(C)C. The van der Waals surface area contributed by atoms with Gasteiger partial charge in [0.05, 0.1) is 12.2 Å². The van der Waals surface area contributed by atoms with Gasteiger partial charge in [0, 0.05) is 12.1 Å². The number of nitrogens with one attached hydrogen (secondary N) is 1. The van der Waals surface area contributed by atoms with Crippen molar-refractivity contribution in [3.63, 3.8) is 0 Å². The van der Waals surface area contributed by atoms with E-state index in [1.807, 2.05) is 20.8 Å². The van der Waals surface area contributed by atoms with E-state index in [2.05, 4.69) is 37.7 Å². The molecule has 0 radical (unpaired) electrons. The molecule has 160 valence electrons. The number of Topliss-reactive ketones (excluding diaryl/α,β-unsaturated/α-hetero) is 1. The lowest BCUT2D eigenvalue weighted by Crippen LogP contribution is -2.45. The van der Waals surface area contributed by atoms with Gasteiger partial charge in [0.2, 0.25) is 0 Å². The summed E-state index contributed by atoms with van der Waals surface area (Å²) in [4.78, 5) is 24.0. The van der Waals surface area contributed by atoms with Gasteiger partial charge in [0.25, 0.3) is 8.53 Å². The third-order valence-corrected chi connectivity index (χ3v) is 5.51. The maximum Gasteiger partial charge on any atom is 0.408 e. The van der Waals surface area contributed by atoms with Crippen LogP contribution in [0.2, 0.25) is 0 Å². The molecule has 0 rings (SSSR count). The number of amides is 1. The Morgan fingerprint density at radius 1 is 0.963 bits per heavy atom. The van der Waals surface area contributed by atoms with Crippen molar-refractivity contribution in [3.8, 4) is 0 Å². The minimum atomic E-state index is -1.41. The summed E-state index contributed by atoms with van der Waals surface area (Å²) in [6.45, 7) is 20.9. The monoisotopic (exact) mass is 406 g/mol. The van der Waals surface area contributed by atoms with Crippen LogP contribution in [0, 0.1) is 0 Å². The highest BCUT2D eigenvalue weighted by Crippen LogP contribution is 2.49. The van der Waals surface area contributed by atoms with Crippen molar-refractivity contribution in [2.45, 2.75) is 105 Å². The van der Waals surface area contributed by atoms with Gasteiger partial charge in [-0.05, 0) is 76.2 Å². The van der Waals surface area contributed by atoms with Crippen LogP contribution < -0.4 is 5.32 Å². The summed E-state index contributed by atoms with van der Waals surface area (Å²) >= 11 is 0. The fourth-order valence-corrected chi connectivity index (χ4v) is 3.98. The molecule has 27 heavy (non-hydrogen) atoms. The number of carbonyl (C=O) groups is 2. The van der Waals surface area contributed by atoms with Gasteiger partial charge in [0.15, 0.2) is 5.78 Å². The molecule has 1 N–H and O–H groups in total. The van der Waals surface area contributed by atoms with E-state index in [4.69, 9.17) is 13.8 Å². The summed E-state index contributed by atoms with van der Waals surface area (Å²) in [7, 11) is -1.41. The largest absolute Gasteiger partial charge is 0.444 e. The Morgan fingerprint density at radius 3 is 1.78 bits per heavy atom. The molecule has 0 aromatic rings. The zero-order chi connectivity index (χ0) is 21.6. The third-order valence-electron chi connectivity index (χ3n) is 3.13. The second-order valence-corrected chi connectivity index (χ2v) is 10.5. The number of hydrogen-bond donors (Lipinski definition) is 1. The van der Waals surface area contributed by atoms with Crippen molar-refractivity contribution < 1.29 is 23.4 Å². The lowest BCUT2D eigenvalue weighted by Gasteiger charge is -2.39. The van der Waals surface area contributed by atoms with Gasteiger partial charge in [-0.2, -0.15) is 0 Å². The fourth-order valence-electron chi connectivity index (χ4n) is 2.20. The van der Waals surface area contributed by atoms with Gasteiger partial charge < -0.3 is 19.1 Å². The minimum Gasteiger partial charge on any atom is -0.444 e. The second-order valence-electron chi connectivity index (χ2n) is 9.11. The molecule has 0 aromatic heterocycles. The Morgan fingerprint density at radius 2 is 1.44 bits per heavy atom. The number of ketones is 1. The van der Waals surface area contributed by atoms with Gasteiger partial charge in [-0.1, -0.05) is 0 Å². The average molecular weight is 407 g/mol. The molecule has 0 aliphatic heterocycles. The normalized spacial score (nSPS) is 15.2. The van der Waals surface area contributed by atoms with Gasteiger partial charge in [0.1, 0.15) is 11.6 Å². The number of nitrogens with zero attached hydrogens (tertiary/aromatic N) is 1. The van der Waals surface area contributed by atoms with Crippen LogP contribution in [0.3, 0.4) is 0 Å². The van der Waals surface area contributed by atoms with Crippen LogP contribution in [0.15, 0.2) is 0 Å². The van der Waals surface area contributed by atoms with Crippen molar-refractivity contribution in [1.82, 2.24) is 9.99 Å². The molecule has 1 unspecified atom stereocenters. The zero-order valence-corrected chi connectivity index (χ0v) is 19.8. The van der Waals surface area contributed by atoms with Crippen molar-refractivity contribution in [3.05, 3.63) is 0 Å². The molecule has 2 atom stereocenters. The molecule has 8 heteroatoms. The maximum absolute atomic E-state index is 12.0. The molecule has 0 heterocycles. The van der Waals surface area contributed by atoms with E-state index in [0.717, 1.165) is 0 Å². The van der Waals surface area contributed by atoms with Crippen LogP contribution in [-0.4, -0.2) is 52.5 Å². The first-order chi connectivity index (χ1) is 12.0. The Balaban J connectivity index is 5.21. The standard InChI is InChI=1S/C19H39N2O5P/c1-13(2)21(14(3)4)27(26-19(9,10)11)24-12-16(15(5)22)20-17(23)25-18(6,7)8/h13-14,16H,12H2,1-11H3,(H,20,23)/t16-,27?/m0/s1. The van der Waals surface area contributed by atoms with Crippen LogP contribution in [0.1, 0.15) is 76.2 Å². The van der Waals surface area contributed by atoms with E-state index in [1.165, 1.54) is 6.92 Å². The summed E-state index contributed by atoms with van der Waals surface area (Å²) in [5.41, 5.74) is -1.04. The van der Waals surface area contributed by atoms with E-state index in [-0.39, 0.29) is 24.5 Å². The Hall–Kier alpha value is -0.750. The predicted molar refractivity (Wildman–Crippen MR) is 110 cm³/mol. The van der Waals surface area contributed by atoms with Crippen LogP contribution >= 0.6 is 8.53 Å². The first-order valence-electron chi connectivity index (χ1n) is 9.44. The average Bonchev–Trinajstić information content (AvgIpc) is 2.37. The van der Waals surface area contributed by atoms with Crippen LogP contribution in [0.5, 0.6) is 0 Å². The molecule has 0 fully saturated rings. The van der Waals surface area contributed by atoms with Crippen molar-refractivity contribution in [2.24, 2.45) is 0 Å². The number of hydrogen-bond acceptors (Lipinski definition) is 6. The Labute approximate surface area is 166 Å². The molecule has 0 aliphatic carbocycles. The minimum absolute atomic E-state index is 0.0201. The molecule has 0 bridgehead atoms. The van der Waals surface area contributed by atoms with Crippen LogP contribution in [0.4, 0.5) is 4.79 Å². The number of carbonyl (C=O) groups excluding carboxylic acids is 2. The van der Waals surface area contributed by atoms with E-state index in [0.29, 0.717) is 0 Å². The molecule has 7 nitrogen and oxygen atoms in total. The summed E-state index contributed by atoms with van der Waals surface area (Å²) < 4.78 is 19.6. The highest BCUT2D eigenvalue weighted by molar-refractivity contribution is 7.44. The predicted octanol–water partition coefficient (Wildman–Crippen LogP) is 4.65. The quantitative estimate of drug-likeness (QED) is 0.562. The molecule has 0 saturated heterocycles. The van der Waals surface area contributed by atoms with E-state index in [9.17, 15) is 9.59 Å². The molecule has 0 aliphatic rings. The van der Waals surface area contributed by atoms with Gasteiger partial charge in [-0.15, -0.1) is 0 Å². The number of ether oxygens (including phenoxy) is 1. The van der Waals surface area contributed by atoms with Gasteiger partial charge >= 0.3 is 6.09 Å². The number of alkyl carbamates (subject to hydrolysis) is 1. The summed E-state index contributed by atoms with van der Waals surface area (Å²) in [6, 6.07) is -0.393. The van der Waals surface area contributed by atoms with Gasteiger partial charge in [-0.3, -0.25) is 4.79 Å². The zero-order valence-electron chi connectivity index (χ0n) is 18.9. The molecule has 0 aromatic carbocycles. The van der Waals surface area contributed by atoms with Gasteiger partial charge in [-0.25, -0.2) is 9.46 Å². The lowest BCUT2D eigenvalue weighted by atomic mass is 10.2.